The Labute approximate surface area is 117 Å². The number of rotatable bonds is 9. The zero-order chi connectivity index (χ0) is 14.1. The Balaban J connectivity index is 2.24. The smallest absolute Gasteiger partial charge is 0.115 e. The normalized spacial score (nSPS) is 12.8. The van der Waals surface area contributed by atoms with E-state index in [1.165, 1.54) is 5.56 Å². The Hall–Kier alpha value is -1.06. The zero-order valence-electron chi connectivity index (χ0n) is 12.4. The fraction of sp³-hybridized carbons (Fsp3) is 0.625. The van der Waals surface area contributed by atoms with Gasteiger partial charge in [-0.2, -0.15) is 0 Å². The molecule has 1 atom stereocenters. The molecule has 1 aromatic rings. The number of phenols is 1. The summed E-state index contributed by atoms with van der Waals surface area (Å²) in [5.74, 6) is 1.02. The number of nitrogens with one attached hydrogen (secondary N) is 1. The number of hydrogen-bond acceptors (Lipinski definition) is 3. The molecule has 0 bridgehead atoms. The largest absolute Gasteiger partial charge is 0.508 e. The number of benzene rings is 1. The van der Waals surface area contributed by atoms with E-state index in [9.17, 15) is 5.11 Å². The summed E-state index contributed by atoms with van der Waals surface area (Å²) in [7, 11) is 0. The fourth-order valence-corrected chi connectivity index (χ4v) is 1.93. The van der Waals surface area contributed by atoms with Crippen LogP contribution in [0.25, 0.3) is 0 Å². The van der Waals surface area contributed by atoms with E-state index >= 15 is 0 Å². The molecule has 3 heteroatoms. The van der Waals surface area contributed by atoms with Crippen LogP contribution < -0.4 is 5.32 Å². The molecule has 0 amide bonds. The first-order valence-corrected chi connectivity index (χ1v) is 7.23. The highest BCUT2D eigenvalue weighted by molar-refractivity contribution is 5.27. The topological polar surface area (TPSA) is 41.5 Å². The van der Waals surface area contributed by atoms with Crippen LogP contribution in [-0.2, 0) is 4.74 Å². The summed E-state index contributed by atoms with van der Waals surface area (Å²) >= 11 is 0. The van der Waals surface area contributed by atoms with Crippen LogP contribution in [0.4, 0.5) is 0 Å². The molecule has 1 unspecified atom stereocenters. The van der Waals surface area contributed by atoms with Crippen LogP contribution in [0, 0.1) is 5.92 Å². The van der Waals surface area contributed by atoms with Crippen molar-refractivity contribution in [2.45, 2.75) is 39.7 Å². The van der Waals surface area contributed by atoms with E-state index in [0.717, 1.165) is 32.6 Å². The third kappa shape index (κ3) is 6.60. The Morgan fingerprint density at radius 3 is 2.42 bits per heavy atom. The van der Waals surface area contributed by atoms with Gasteiger partial charge in [0.15, 0.2) is 0 Å². The number of phenolic OH excluding ortho intramolecular Hbond substituents is 1. The molecule has 0 spiro atoms. The lowest BCUT2D eigenvalue weighted by molar-refractivity contribution is 0.123. The fourth-order valence-electron chi connectivity index (χ4n) is 1.93. The van der Waals surface area contributed by atoms with Gasteiger partial charge in [0.1, 0.15) is 5.75 Å². The Morgan fingerprint density at radius 2 is 1.84 bits per heavy atom. The lowest BCUT2D eigenvalue weighted by Crippen LogP contribution is -2.25. The van der Waals surface area contributed by atoms with E-state index in [1.807, 2.05) is 12.1 Å². The Bertz CT molecular complexity index is 335. The van der Waals surface area contributed by atoms with Gasteiger partial charge in [-0.1, -0.05) is 32.9 Å². The summed E-state index contributed by atoms with van der Waals surface area (Å²) in [6.45, 7) is 9.03. The molecule has 0 aromatic heterocycles. The quantitative estimate of drug-likeness (QED) is 0.671. The molecule has 3 nitrogen and oxygen atoms in total. The van der Waals surface area contributed by atoms with E-state index in [4.69, 9.17) is 4.74 Å². The Kier molecular flexibility index (Phi) is 7.53. The van der Waals surface area contributed by atoms with Crippen molar-refractivity contribution in [2.24, 2.45) is 5.92 Å². The van der Waals surface area contributed by atoms with Crippen molar-refractivity contribution < 1.29 is 9.84 Å². The second-order valence-electron chi connectivity index (χ2n) is 5.30. The maximum absolute atomic E-state index is 9.29. The molecule has 19 heavy (non-hydrogen) atoms. The Morgan fingerprint density at radius 1 is 1.16 bits per heavy atom. The summed E-state index contributed by atoms with van der Waals surface area (Å²) in [6, 6.07) is 7.73. The number of ether oxygens (including phenoxy) is 1. The molecule has 0 fully saturated rings. The van der Waals surface area contributed by atoms with Crippen LogP contribution in [0.15, 0.2) is 24.3 Å². The van der Waals surface area contributed by atoms with Gasteiger partial charge >= 0.3 is 0 Å². The van der Waals surface area contributed by atoms with Gasteiger partial charge in [-0.05, 0) is 36.5 Å². The van der Waals surface area contributed by atoms with E-state index in [0.29, 0.717) is 17.7 Å². The van der Waals surface area contributed by atoms with Gasteiger partial charge in [0, 0.05) is 19.2 Å². The molecule has 0 heterocycles. The summed E-state index contributed by atoms with van der Waals surface area (Å²) in [5.41, 5.74) is 1.21. The van der Waals surface area contributed by atoms with Crippen molar-refractivity contribution in [2.75, 3.05) is 19.8 Å². The standard InChI is InChI=1S/C16H27NO2/c1-4-16(14-5-7-15(18)8-6-14)17-10-12-19-11-9-13(2)3/h5-8,13,16-18H,4,9-12H2,1-3H3. The van der Waals surface area contributed by atoms with Gasteiger partial charge in [0.25, 0.3) is 0 Å². The minimum Gasteiger partial charge on any atom is -0.508 e. The van der Waals surface area contributed by atoms with Crippen molar-refractivity contribution in [1.29, 1.82) is 0 Å². The van der Waals surface area contributed by atoms with Crippen molar-refractivity contribution in [1.82, 2.24) is 5.32 Å². The lowest BCUT2D eigenvalue weighted by Gasteiger charge is -2.17. The summed E-state index contributed by atoms with van der Waals surface area (Å²) in [4.78, 5) is 0. The first kappa shape index (κ1) is 16.0. The lowest BCUT2D eigenvalue weighted by atomic mass is 10.0. The van der Waals surface area contributed by atoms with Crippen LogP contribution in [0.2, 0.25) is 0 Å². The molecule has 0 saturated heterocycles. The summed E-state index contributed by atoms with van der Waals surface area (Å²) in [5, 5.41) is 12.8. The maximum Gasteiger partial charge on any atom is 0.115 e. The molecule has 1 rings (SSSR count). The molecule has 0 aliphatic heterocycles. The van der Waals surface area contributed by atoms with Gasteiger partial charge < -0.3 is 15.2 Å². The zero-order valence-corrected chi connectivity index (χ0v) is 12.4. The van der Waals surface area contributed by atoms with Crippen LogP contribution in [-0.4, -0.2) is 24.9 Å². The molecule has 1 aromatic carbocycles. The SMILES string of the molecule is CCC(NCCOCCC(C)C)c1ccc(O)cc1. The molecular formula is C16H27NO2. The van der Waals surface area contributed by atoms with Crippen molar-refractivity contribution in [3.63, 3.8) is 0 Å². The second-order valence-corrected chi connectivity index (χ2v) is 5.30. The third-order valence-electron chi connectivity index (χ3n) is 3.18. The molecule has 108 valence electrons. The summed E-state index contributed by atoms with van der Waals surface area (Å²) in [6.07, 6.45) is 2.14. The average Bonchev–Trinajstić information content (AvgIpc) is 2.39. The van der Waals surface area contributed by atoms with Gasteiger partial charge in [0.05, 0.1) is 6.61 Å². The average molecular weight is 265 g/mol. The van der Waals surface area contributed by atoms with Crippen LogP contribution in [0.1, 0.15) is 45.2 Å². The number of hydrogen-bond donors (Lipinski definition) is 2. The first-order valence-electron chi connectivity index (χ1n) is 7.23. The molecular weight excluding hydrogens is 238 g/mol. The van der Waals surface area contributed by atoms with Crippen molar-refractivity contribution in [3.05, 3.63) is 29.8 Å². The molecule has 2 N–H and O–H groups in total. The highest BCUT2D eigenvalue weighted by Gasteiger charge is 2.07. The van der Waals surface area contributed by atoms with Gasteiger partial charge in [0.2, 0.25) is 0 Å². The predicted molar refractivity (Wildman–Crippen MR) is 79.4 cm³/mol. The van der Waals surface area contributed by atoms with E-state index in [-0.39, 0.29) is 0 Å². The highest BCUT2D eigenvalue weighted by Crippen LogP contribution is 2.19. The van der Waals surface area contributed by atoms with Crippen LogP contribution in [0.5, 0.6) is 5.75 Å². The molecule has 0 aliphatic rings. The van der Waals surface area contributed by atoms with E-state index < -0.39 is 0 Å². The van der Waals surface area contributed by atoms with Crippen molar-refractivity contribution >= 4 is 0 Å². The molecule has 0 radical (unpaired) electrons. The van der Waals surface area contributed by atoms with Crippen molar-refractivity contribution in [3.8, 4) is 5.75 Å². The third-order valence-corrected chi connectivity index (χ3v) is 3.18. The van der Waals surface area contributed by atoms with Crippen LogP contribution in [0.3, 0.4) is 0 Å². The van der Waals surface area contributed by atoms with Gasteiger partial charge in [-0.25, -0.2) is 0 Å². The van der Waals surface area contributed by atoms with Gasteiger partial charge in [-0.15, -0.1) is 0 Å². The minimum atomic E-state index is 0.315. The van der Waals surface area contributed by atoms with Crippen LogP contribution >= 0.6 is 0 Å². The summed E-state index contributed by atoms with van der Waals surface area (Å²) < 4.78 is 5.59. The minimum absolute atomic E-state index is 0.315. The van der Waals surface area contributed by atoms with E-state index in [2.05, 4.69) is 26.1 Å². The predicted octanol–water partition coefficient (Wildman–Crippen LogP) is 3.50. The highest BCUT2D eigenvalue weighted by atomic mass is 16.5. The molecule has 0 saturated carbocycles. The number of aromatic hydroxyl groups is 1. The van der Waals surface area contributed by atoms with E-state index in [1.54, 1.807) is 12.1 Å². The molecule has 0 aliphatic carbocycles. The second kappa shape index (κ2) is 8.94. The first-order chi connectivity index (χ1) is 9.13. The van der Waals surface area contributed by atoms with Gasteiger partial charge in [-0.3, -0.25) is 0 Å². The monoisotopic (exact) mass is 265 g/mol. The maximum atomic E-state index is 9.29.